The molecule has 5 nitrogen and oxygen atoms in total. The smallest absolute Gasteiger partial charge is 0.488 e. The quantitative estimate of drug-likeness (QED) is 0.474. The van der Waals surface area contributed by atoms with Crippen LogP contribution in [-0.2, 0) is 17.6 Å². The molecule has 0 saturated carbocycles. The summed E-state index contributed by atoms with van der Waals surface area (Å²) in [7, 11) is 0. The lowest BCUT2D eigenvalue weighted by Gasteiger charge is -2.26. The highest BCUT2D eigenvalue weighted by Crippen LogP contribution is 2.40. The van der Waals surface area contributed by atoms with Crippen molar-refractivity contribution in [3.05, 3.63) is 69.2 Å². The number of hydrogen-bond acceptors (Lipinski definition) is 4. The molecular weight excluding hydrogens is 534 g/mol. The fourth-order valence-electron chi connectivity index (χ4n) is 3.75. The standard InChI is InChI=1S/C22H15BrF6N2O3/c23-13-3-4-17(16(8-13)21(24,25)26)33-10-12-2-1-11(7-18(12)34-22(27,28)29)15-9-19(32)31-20-14(15)5-6-30-20/h1-5,7-8,15H,6,9-10H2,(H,30,31,32). The zero-order chi connectivity index (χ0) is 24.7. The molecule has 2 aliphatic rings. The van der Waals surface area contributed by atoms with Crippen molar-refractivity contribution in [3.63, 3.8) is 0 Å². The second kappa shape index (κ2) is 8.97. The van der Waals surface area contributed by atoms with Crippen molar-refractivity contribution in [2.24, 2.45) is 4.99 Å². The van der Waals surface area contributed by atoms with E-state index in [4.69, 9.17) is 4.74 Å². The van der Waals surface area contributed by atoms with E-state index in [0.29, 0.717) is 23.5 Å². The van der Waals surface area contributed by atoms with Gasteiger partial charge in [-0.2, -0.15) is 13.2 Å². The van der Waals surface area contributed by atoms with Gasteiger partial charge in [-0.3, -0.25) is 9.79 Å². The molecular formula is C22H15BrF6N2O3. The SMILES string of the molecule is O=C1CC(c2ccc(COc3ccc(Br)cc3C(F)(F)F)c(OC(F)(F)F)c2)C2=CCN=C2N1. The number of amides is 1. The van der Waals surface area contributed by atoms with Crippen LogP contribution in [0.4, 0.5) is 26.3 Å². The lowest BCUT2D eigenvalue weighted by atomic mass is 9.84. The Labute approximate surface area is 197 Å². The number of nitrogens with one attached hydrogen (secondary N) is 1. The molecule has 0 aliphatic carbocycles. The maximum Gasteiger partial charge on any atom is 0.573 e. The third-order valence-electron chi connectivity index (χ3n) is 5.21. The first-order valence-electron chi connectivity index (χ1n) is 9.83. The molecule has 12 heteroatoms. The molecule has 0 spiro atoms. The van der Waals surface area contributed by atoms with E-state index < -0.39 is 42.1 Å². The summed E-state index contributed by atoms with van der Waals surface area (Å²) < 4.78 is 88.8. The fraction of sp³-hybridized carbons (Fsp3) is 0.273. The summed E-state index contributed by atoms with van der Waals surface area (Å²) in [5.41, 5.74) is -0.138. The zero-order valence-electron chi connectivity index (χ0n) is 17.1. The average Bonchev–Trinajstić information content (AvgIpc) is 3.19. The highest BCUT2D eigenvalue weighted by Gasteiger charge is 2.36. The lowest BCUT2D eigenvalue weighted by Crippen LogP contribution is -2.38. The van der Waals surface area contributed by atoms with E-state index in [9.17, 15) is 31.1 Å². The van der Waals surface area contributed by atoms with Gasteiger partial charge in [0.2, 0.25) is 5.91 Å². The van der Waals surface area contributed by atoms with Gasteiger partial charge in [0.25, 0.3) is 0 Å². The van der Waals surface area contributed by atoms with Crippen LogP contribution in [0, 0.1) is 0 Å². The molecule has 1 saturated heterocycles. The normalized spacial score (nSPS) is 18.1. The molecule has 4 rings (SSSR count). The Morgan fingerprint density at radius 2 is 1.82 bits per heavy atom. The highest BCUT2D eigenvalue weighted by molar-refractivity contribution is 9.10. The molecule has 2 aromatic rings. The first kappa shape index (κ1) is 24.1. The van der Waals surface area contributed by atoms with Crippen LogP contribution in [0.2, 0.25) is 0 Å². The first-order valence-corrected chi connectivity index (χ1v) is 10.6. The number of rotatable bonds is 5. The van der Waals surface area contributed by atoms with Crippen LogP contribution in [0.3, 0.4) is 0 Å². The Balaban J connectivity index is 1.65. The number of halogens is 7. The molecule has 2 aliphatic heterocycles. The van der Waals surface area contributed by atoms with Crippen LogP contribution < -0.4 is 14.8 Å². The molecule has 2 aromatic carbocycles. The van der Waals surface area contributed by atoms with Crippen LogP contribution in [0.5, 0.6) is 11.5 Å². The van der Waals surface area contributed by atoms with Gasteiger partial charge in [0.15, 0.2) is 0 Å². The first-order chi connectivity index (χ1) is 15.9. The topological polar surface area (TPSA) is 59.9 Å². The Morgan fingerprint density at radius 3 is 2.53 bits per heavy atom. The van der Waals surface area contributed by atoms with Gasteiger partial charge >= 0.3 is 12.5 Å². The number of nitrogens with zero attached hydrogens (tertiary/aromatic N) is 1. The Kier molecular flexibility index (Phi) is 6.36. The van der Waals surface area contributed by atoms with Crippen molar-refractivity contribution in [2.45, 2.75) is 31.5 Å². The van der Waals surface area contributed by atoms with E-state index in [0.717, 1.165) is 18.2 Å². The number of fused-ring (bicyclic) bond motifs is 1. The average molecular weight is 549 g/mol. The van der Waals surface area contributed by atoms with Crippen LogP contribution in [-0.4, -0.2) is 24.6 Å². The molecule has 1 N–H and O–H groups in total. The molecule has 34 heavy (non-hydrogen) atoms. The van der Waals surface area contributed by atoms with E-state index in [-0.39, 0.29) is 22.4 Å². The summed E-state index contributed by atoms with van der Waals surface area (Å²) in [5.74, 6) is -1.66. The van der Waals surface area contributed by atoms with Crippen LogP contribution in [0.15, 0.2) is 57.5 Å². The predicted octanol–water partition coefficient (Wildman–Crippen LogP) is 5.89. The molecule has 180 valence electrons. The van der Waals surface area contributed by atoms with Crippen molar-refractivity contribution >= 4 is 27.7 Å². The summed E-state index contributed by atoms with van der Waals surface area (Å²) in [4.78, 5) is 16.2. The maximum atomic E-state index is 13.3. The van der Waals surface area contributed by atoms with Crippen molar-refractivity contribution in [1.82, 2.24) is 5.32 Å². The van der Waals surface area contributed by atoms with Gasteiger partial charge in [-0.25, -0.2) is 0 Å². The van der Waals surface area contributed by atoms with E-state index >= 15 is 0 Å². The molecule has 2 heterocycles. The van der Waals surface area contributed by atoms with E-state index in [2.05, 4.69) is 31.0 Å². The second-order valence-corrected chi connectivity index (χ2v) is 8.41. The van der Waals surface area contributed by atoms with Gasteiger partial charge in [-0.05, 0) is 29.8 Å². The highest BCUT2D eigenvalue weighted by atomic mass is 79.9. The molecule has 0 radical (unpaired) electrons. The maximum absolute atomic E-state index is 13.3. The number of amidine groups is 1. The lowest BCUT2D eigenvalue weighted by molar-refractivity contribution is -0.275. The molecule has 1 unspecified atom stereocenters. The fourth-order valence-corrected chi connectivity index (χ4v) is 4.11. The summed E-state index contributed by atoms with van der Waals surface area (Å²) in [6.07, 6.45) is -8.01. The number of hydrogen-bond donors (Lipinski definition) is 1. The number of ether oxygens (including phenoxy) is 2. The Morgan fingerprint density at radius 1 is 1.06 bits per heavy atom. The van der Waals surface area contributed by atoms with Gasteiger partial charge < -0.3 is 14.8 Å². The van der Waals surface area contributed by atoms with Crippen LogP contribution in [0.25, 0.3) is 0 Å². The van der Waals surface area contributed by atoms with Gasteiger partial charge in [-0.15, -0.1) is 13.2 Å². The van der Waals surface area contributed by atoms with E-state index in [1.165, 1.54) is 18.2 Å². The number of aliphatic imine (C=N–C) groups is 1. The van der Waals surface area contributed by atoms with Gasteiger partial charge in [0.1, 0.15) is 23.9 Å². The number of piperidine rings is 1. The largest absolute Gasteiger partial charge is 0.573 e. The molecule has 1 atom stereocenters. The Hall–Kier alpha value is -3.02. The number of carbonyl (C=O) groups excluding carboxylic acids is 1. The summed E-state index contributed by atoms with van der Waals surface area (Å²) in [6, 6.07) is 7.10. The third-order valence-corrected chi connectivity index (χ3v) is 5.70. The predicted molar refractivity (Wildman–Crippen MR) is 112 cm³/mol. The van der Waals surface area contributed by atoms with Gasteiger partial charge in [-0.1, -0.05) is 34.1 Å². The van der Waals surface area contributed by atoms with E-state index in [1.807, 2.05) is 0 Å². The van der Waals surface area contributed by atoms with Crippen LogP contribution in [0.1, 0.15) is 29.0 Å². The number of alkyl halides is 6. The van der Waals surface area contributed by atoms with Crippen molar-refractivity contribution in [3.8, 4) is 11.5 Å². The minimum atomic E-state index is -5.05. The molecule has 0 aromatic heterocycles. The van der Waals surface area contributed by atoms with Crippen molar-refractivity contribution in [1.29, 1.82) is 0 Å². The monoisotopic (exact) mass is 548 g/mol. The van der Waals surface area contributed by atoms with Crippen LogP contribution >= 0.6 is 15.9 Å². The van der Waals surface area contributed by atoms with Gasteiger partial charge in [0.05, 0.1) is 12.1 Å². The minimum absolute atomic E-state index is 0.00000639. The number of carbonyl (C=O) groups is 1. The molecule has 0 bridgehead atoms. The molecule has 1 fully saturated rings. The van der Waals surface area contributed by atoms with Crippen molar-refractivity contribution < 1.29 is 40.6 Å². The second-order valence-electron chi connectivity index (χ2n) is 7.50. The molecule has 1 amide bonds. The third kappa shape index (κ3) is 5.37. The number of benzene rings is 2. The van der Waals surface area contributed by atoms with E-state index in [1.54, 1.807) is 6.08 Å². The van der Waals surface area contributed by atoms with Crippen molar-refractivity contribution in [2.75, 3.05) is 6.54 Å². The minimum Gasteiger partial charge on any atom is -0.488 e. The van der Waals surface area contributed by atoms with Gasteiger partial charge in [0, 0.05) is 27.9 Å². The Bertz CT molecular complexity index is 1190. The summed E-state index contributed by atoms with van der Waals surface area (Å²) in [6.45, 7) is -0.273. The zero-order valence-corrected chi connectivity index (χ0v) is 18.6. The summed E-state index contributed by atoms with van der Waals surface area (Å²) in [5, 5.41) is 2.62. The summed E-state index contributed by atoms with van der Waals surface area (Å²) >= 11 is 2.96.